The molecular weight excluding hydrogens is 192 g/mol. The summed E-state index contributed by atoms with van der Waals surface area (Å²) in [5.74, 6) is 1.65. The lowest BCUT2D eigenvalue weighted by atomic mass is 10.4. The minimum atomic E-state index is -0.00231. The first-order chi connectivity index (χ1) is 7.22. The van der Waals surface area contributed by atoms with Crippen molar-refractivity contribution in [3.63, 3.8) is 0 Å². The monoisotopic (exact) mass is 210 g/mol. The minimum absolute atomic E-state index is 0.00231. The van der Waals surface area contributed by atoms with Crippen molar-refractivity contribution in [2.24, 2.45) is 0 Å². The third-order valence-corrected chi connectivity index (χ3v) is 1.97. The molecule has 2 N–H and O–H groups in total. The Hall–Kier alpha value is -1.29. The molecular formula is C11H18N2O2. The Morgan fingerprint density at radius 1 is 1.47 bits per heavy atom. The number of hydrogen-bond donors (Lipinski definition) is 2. The van der Waals surface area contributed by atoms with Crippen molar-refractivity contribution in [2.45, 2.75) is 26.8 Å². The highest BCUT2D eigenvalue weighted by Crippen LogP contribution is 2.04. The van der Waals surface area contributed by atoms with Gasteiger partial charge < -0.3 is 15.1 Å². The SMILES string of the molecule is CCCNCC(=O)NCc1ccc(C)o1. The molecule has 0 bridgehead atoms. The fourth-order valence-electron chi connectivity index (χ4n) is 1.21. The number of amides is 1. The van der Waals surface area contributed by atoms with Crippen LogP contribution >= 0.6 is 0 Å². The van der Waals surface area contributed by atoms with Crippen LogP contribution in [0, 0.1) is 6.92 Å². The smallest absolute Gasteiger partial charge is 0.234 e. The Labute approximate surface area is 90.0 Å². The highest BCUT2D eigenvalue weighted by atomic mass is 16.3. The lowest BCUT2D eigenvalue weighted by Gasteiger charge is -2.03. The van der Waals surface area contributed by atoms with Crippen LogP contribution in [0.5, 0.6) is 0 Å². The van der Waals surface area contributed by atoms with Gasteiger partial charge in [-0.15, -0.1) is 0 Å². The van der Waals surface area contributed by atoms with E-state index in [1.807, 2.05) is 19.1 Å². The van der Waals surface area contributed by atoms with Crippen molar-refractivity contribution in [3.8, 4) is 0 Å². The highest BCUT2D eigenvalue weighted by molar-refractivity contribution is 5.77. The largest absolute Gasteiger partial charge is 0.465 e. The van der Waals surface area contributed by atoms with Gasteiger partial charge in [0.05, 0.1) is 13.1 Å². The van der Waals surface area contributed by atoms with Gasteiger partial charge in [-0.2, -0.15) is 0 Å². The fourth-order valence-corrected chi connectivity index (χ4v) is 1.21. The molecule has 0 aliphatic rings. The molecule has 0 saturated heterocycles. The Morgan fingerprint density at radius 3 is 2.87 bits per heavy atom. The van der Waals surface area contributed by atoms with Crippen LogP contribution in [0.25, 0.3) is 0 Å². The Bertz CT molecular complexity index is 307. The molecule has 0 spiro atoms. The molecule has 15 heavy (non-hydrogen) atoms. The van der Waals surface area contributed by atoms with E-state index in [1.165, 1.54) is 0 Å². The van der Waals surface area contributed by atoms with Crippen LogP contribution in [0.3, 0.4) is 0 Å². The van der Waals surface area contributed by atoms with Crippen LogP contribution in [0.2, 0.25) is 0 Å². The number of aryl methyl sites for hydroxylation is 1. The minimum Gasteiger partial charge on any atom is -0.465 e. The van der Waals surface area contributed by atoms with Crippen molar-refractivity contribution in [3.05, 3.63) is 23.7 Å². The molecule has 0 aliphatic heterocycles. The van der Waals surface area contributed by atoms with E-state index in [0.29, 0.717) is 13.1 Å². The fraction of sp³-hybridized carbons (Fsp3) is 0.545. The Balaban J connectivity index is 2.16. The van der Waals surface area contributed by atoms with Crippen LogP contribution in [-0.4, -0.2) is 19.0 Å². The maximum atomic E-state index is 11.3. The zero-order valence-electron chi connectivity index (χ0n) is 9.30. The first-order valence-electron chi connectivity index (χ1n) is 5.25. The molecule has 0 saturated carbocycles. The second-order valence-electron chi connectivity index (χ2n) is 3.47. The van der Waals surface area contributed by atoms with Crippen molar-refractivity contribution in [1.82, 2.24) is 10.6 Å². The van der Waals surface area contributed by atoms with Crippen LogP contribution in [0.15, 0.2) is 16.5 Å². The topological polar surface area (TPSA) is 54.3 Å². The third kappa shape index (κ3) is 4.65. The zero-order valence-corrected chi connectivity index (χ0v) is 9.30. The molecule has 4 nitrogen and oxygen atoms in total. The lowest BCUT2D eigenvalue weighted by molar-refractivity contribution is -0.120. The summed E-state index contributed by atoms with van der Waals surface area (Å²) in [6, 6.07) is 3.76. The number of nitrogens with one attached hydrogen (secondary N) is 2. The van der Waals surface area contributed by atoms with E-state index in [1.54, 1.807) is 0 Å². The quantitative estimate of drug-likeness (QED) is 0.694. The summed E-state index contributed by atoms with van der Waals surface area (Å²) in [6.07, 6.45) is 1.03. The second kappa shape index (κ2) is 6.24. The van der Waals surface area contributed by atoms with Crippen molar-refractivity contribution < 1.29 is 9.21 Å². The van der Waals surface area contributed by atoms with E-state index in [4.69, 9.17) is 4.42 Å². The van der Waals surface area contributed by atoms with Gasteiger partial charge >= 0.3 is 0 Å². The molecule has 0 aromatic carbocycles. The molecule has 0 unspecified atom stereocenters. The maximum Gasteiger partial charge on any atom is 0.234 e. The van der Waals surface area contributed by atoms with Crippen molar-refractivity contribution >= 4 is 5.91 Å². The summed E-state index contributed by atoms with van der Waals surface area (Å²) < 4.78 is 5.32. The molecule has 1 amide bonds. The van der Waals surface area contributed by atoms with Gasteiger partial charge in [0.2, 0.25) is 5.91 Å². The Morgan fingerprint density at radius 2 is 2.27 bits per heavy atom. The highest BCUT2D eigenvalue weighted by Gasteiger charge is 2.02. The molecule has 0 radical (unpaired) electrons. The first-order valence-corrected chi connectivity index (χ1v) is 5.25. The summed E-state index contributed by atoms with van der Waals surface area (Å²) in [7, 11) is 0. The van der Waals surface area contributed by atoms with Crippen LogP contribution < -0.4 is 10.6 Å². The lowest BCUT2D eigenvalue weighted by Crippen LogP contribution is -2.33. The molecule has 1 aromatic rings. The first kappa shape index (κ1) is 11.8. The number of hydrogen-bond acceptors (Lipinski definition) is 3. The van der Waals surface area contributed by atoms with Crippen LogP contribution in [-0.2, 0) is 11.3 Å². The van der Waals surface area contributed by atoms with Crippen LogP contribution in [0.1, 0.15) is 24.9 Å². The van der Waals surface area contributed by atoms with E-state index >= 15 is 0 Å². The summed E-state index contributed by atoms with van der Waals surface area (Å²) in [5, 5.41) is 5.81. The van der Waals surface area contributed by atoms with Gasteiger partial charge in [0, 0.05) is 0 Å². The van der Waals surface area contributed by atoms with Gasteiger partial charge in [-0.25, -0.2) is 0 Å². The predicted molar refractivity (Wildman–Crippen MR) is 58.5 cm³/mol. The predicted octanol–water partition coefficient (Wildman–Crippen LogP) is 1.20. The molecule has 4 heteroatoms. The van der Waals surface area contributed by atoms with E-state index in [0.717, 1.165) is 24.5 Å². The van der Waals surface area contributed by atoms with Gasteiger partial charge in [0.15, 0.2) is 0 Å². The van der Waals surface area contributed by atoms with Gasteiger partial charge in [0.1, 0.15) is 11.5 Å². The van der Waals surface area contributed by atoms with Gasteiger partial charge in [-0.1, -0.05) is 6.92 Å². The van der Waals surface area contributed by atoms with E-state index in [9.17, 15) is 4.79 Å². The van der Waals surface area contributed by atoms with Gasteiger partial charge in [-0.05, 0) is 32.0 Å². The summed E-state index contributed by atoms with van der Waals surface area (Å²) >= 11 is 0. The standard InChI is InChI=1S/C11H18N2O2/c1-3-6-12-8-11(14)13-7-10-5-4-9(2)15-10/h4-5,12H,3,6-8H2,1-2H3,(H,13,14). The summed E-state index contributed by atoms with van der Waals surface area (Å²) in [5.41, 5.74) is 0. The molecule has 1 heterocycles. The number of carbonyl (C=O) groups excluding carboxylic acids is 1. The second-order valence-corrected chi connectivity index (χ2v) is 3.47. The van der Waals surface area contributed by atoms with E-state index < -0.39 is 0 Å². The molecule has 84 valence electrons. The molecule has 1 rings (SSSR count). The van der Waals surface area contributed by atoms with Gasteiger partial charge in [0.25, 0.3) is 0 Å². The molecule has 0 fully saturated rings. The number of rotatable bonds is 6. The van der Waals surface area contributed by atoms with Crippen molar-refractivity contribution in [2.75, 3.05) is 13.1 Å². The van der Waals surface area contributed by atoms with Gasteiger partial charge in [-0.3, -0.25) is 4.79 Å². The van der Waals surface area contributed by atoms with Crippen molar-refractivity contribution in [1.29, 1.82) is 0 Å². The average Bonchev–Trinajstić information content (AvgIpc) is 2.62. The molecule has 0 atom stereocenters. The molecule has 1 aromatic heterocycles. The summed E-state index contributed by atoms with van der Waals surface area (Å²) in [6.45, 7) is 5.64. The Kier molecular flexibility index (Phi) is 4.90. The van der Waals surface area contributed by atoms with Crippen LogP contribution in [0.4, 0.5) is 0 Å². The number of furan rings is 1. The number of carbonyl (C=O) groups is 1. The average molecular weight is 210 g/mol. The van der Waals surface area contributed by atoms with E-state index in [2.05, 4.69) is 17.6 Å². The van der Waals surface area contributed by atoms with E-state index in [-0.39, 0.29) is 5.91 Å². The summed E-state index contributed by atoms with van der Waals surface area (Å²) in [4.78, 5) is 11.3. The normalized spacial score (nSPS) is 10.3. The zero-order chi connectivity index (χ0) is 11.1. The maximum absolute atomic E-state index is 11.3. The third-order valence-electron chi connectivity index (χ3n) is 1.97. The molecule has 0 aliphatic carbocycles.